The number of nitrogens with one attached hydrogen (secondary N) is 1. The third-order valence-corrected chi connectivity index (χ3v) is 5.54. The summed E-state index contributed by atoms with van der Waals surface area (Å²) >= 11 is 4.52. The lowest BCUT2D eigenvalue weighted by molar-refractivity contribution is 0.598. The fourth-order valence-corrected chi connectivity index (χ4v) is 4.99. The van der Waals surface area contributed by atoms with E-state index in [0.29, 0.717) is 8.66 Å². The fraction of sp³-hybridized carbons (Fsp3) is 0.0909. The smallest absolute Gasteiger partial charge is 0.263 e. The Hall–Kier alpha value is -1.12. The number of anilines is 2. The maximum Gasteiger partial charge on any atom is 0.263 e. The van der Waals surface area contributed by atoms with Crippen molar-refractivity contribution in [1.29, 1.82) is 0 Å². The second kappa shape index (κ2) is 5.10. The van der Waals surface area contributed by atoms with E-state index in [2.05, 4.69) is 20.7 Å². The molecule has 0 fully saturated rings. The van der Waals surface area contributed by atoms with Crippen LogP contribution in [0.4, 0.5) is 15.8 Å². The molecule has 0 saturated carbocycles. The summed E-state index contributed by atoms with van der Waals surface area (Å²) in [6.07, 6.45) is 0. The number of thiophene rings is 1. The monoisotopic (exact) mass is 364 g/mol. The van der Waals surface area contributed by atoms with Crippen molar-refractivity contribution in [3.05, 3.63) is 38.7 Å². The van der Waals surface area contributed by atoms with E-state index >= 15 is 0 Å². The van der Waals surface area contributed by atoms with Crippen LogP contribution in [0.1, 0.15) is 4.88 Å². The van der Waals surface area contributed by atoms with Crippen LogP contribution in [0.3, 0.4) is 0 Å². The van der Waals surface area contributed by atoms with E-state index in [0.717, 1.165) is 6.07 Å². The minimum Gasteiger partial charge on any atom is -0.399 e. The van der Waals surface area contributed by atoms with Gasteiger partial charge in [-0.15, -0.1) is 11.3 Å². The number of hydrogen-bond acceptors (Lipinski definition) is 4. The highest BCUT2D eigenvalue weighted by atomic mass is 79.9. The number of nitrogen functional groups attached to an aromatic ring is 1. The Labute approximate surface area is 122 Å². The highest BCUT2D eigenvalue weighted by molar-refractivity contribution is 9.11. The van der Waals surface area contributed by atoms with Gasteiger partial charge in [0.05, 0.1) is 9.47 Å². The Bertz CT molecular complexity index is 728. The summed E-state index contributed by atoms with van der Waals surface area (Å²) in [5.74, 6) is -0.712. The Kier molecular flexibility index (Phi) is 3.84. The standard InChI is InChI=1S/C11H10BrFN2O2S2/c1-6-10(5-11(12)18-6)19(16,17)15-9-3-2-7(14)4-8(9)13/h2-5,15H,14H2,1H3. The van der Waals surface area contributed by atoms with Gasteiger partial charge in [-0.1, -0.05) is 0 Å². The number of aryl methyl sites for hydroxylation is 1. The summed E-state index contributed by atoms with van der Waals surface area (Å²) in [4.78, 5) is 0.746. The molecule has 0 aliphatic carbocycles. The normalized spacial score (nSPS) is 11.5. The topological polar surface area (TPSA) is 72.2 Å². The van der Waals surface area contributed by atoms with Gasteiger partial charge >= 0.3 is 0 Å². The molecule has 0 saturated heterocycles. The average Bonchev–Trinajstić information content (AvgIpc) is 2.63. The second-order valence-corrected chi connectivity index (χ2v) is 8.10. The van der Waals surface area contributed by atoms with Crippen LogP contribution < -0.4 is 10.5 Å². The SMILES string of the molecule is Cc1sc(Br)cc1S(=O)(=O)Nc1ccc(N)cc1F. The maximum absolute atomic E-state index is 13.6. The summed E-state index contributed by atoms with van der Waals surface area (Å²) < 4.78 is 40.8. The number of hydrogen-bond donors (Lipinski definition) is 2. The van der Waals surface area contributed by atoms with Gasteiger partial charge in [0.15, 0.2) is 0 Å². The molecule has 8 heteroatoms. The maximum atomic E-state index is 13.6. The van der Waals surface area contributed by atoms with Crippen molar-refractivity contribution in [2.45, 2.75) is 11.8 Å². The third-order valence-electron chi connectivity index (χ3n) is 2.37. The van der Waals surface area contributed by atoms with Crippen molar-refractivity contribution < 1.29 is 12.8 Å². The number of nitrogens with two attached hydrogens (primary N) is 1. The predicted molar refractivity (Wildman–Crippen MR) is 78.4 cm³/mol. The molecule has 19 heavy (non-hydrogen) atoms. The molecule has 1 aromatic carbocycles. The van der Waals surface area contributed by atoms with E-state index in [1.165, 1.54) is 29.5 Å². The van der Waals surface area contributed by atoms with Gasteiger partial charge in [-0.25, -0.2) is 12.8 Å². The zero-order valence-corrected chi connectivity index (χ0v) is 13.0. The molecule has 0 amide bonds. The number of rotatable bonds is 3. The number of sulfonamides is 1. The lowest BCUT2D eigenvalue weighted by atomic mass is 10.3. The van der Waals surface area contributed by atoms with Crippen LogP contribution in [0.15, 0.2) is 32.9 Å². The molecule has 0 bridgehead atoms. The minimum atomic E-state index is -3.81. The van der Waals surface area contributed by atoms with Crippen molar-refractivity contribution in [3.8, 4) is 0 Å². The number of benzene rings is 1. The van der Waals surface area contributed by atoms with Gasteiger partial charge in [0.1, 0.15) is 10.7 Å². The summed E-state index contributed by atoms with van der Waals surface area (Å²) in [5.41, 5.74) is 5.51. The Morgan fingerprint density at radius 1 is 1.37 bits per heavy atom. The van der Waals surface area contributed by atoms with Crippen molar-refractivity contribution in [3.63, 3.8) is 0 Å². The first-order valence-electron chi connectivity index (χ1n) is 5.13. The summed E-state index contributed by atoms with van der Waals surface area (Å²) in [7, 11) is -3.81. The lowest BCUT2D eigenvalue weighted by Gasteiger charge is -2.08. The zero-order valence-electron chi connectivity index (χ0n) is 9.78. The van der Waals surface area contributed by atoms with E-state index in [9.17, 15) is 12.8 Å². The second-order valence-electron chi connectivity index (χ2n) is 3.82. The van der Waals surface area contributed by atoms with Crippen LogP contribution in [0.25, 0.3) is 0 Å². The van der Waals surface area contributed by atoms with Gasteiger partial charge in [-0.05, 0) is 47.1 Å². The molecule has 1 aromatic heterocycles. The largest absolute Gasteiger partial charge is 0.399 e. The van der Waals surface area contributed by atoms with Crippen LogP contribution in [0.2, 0.25) is 0 Å². The summed E-state index contributed by atoms with van der Waals surface area (Å²) in [5, 5.41) is 0. The summed E-state index contributed by atoms with van der Waals surface area (Å²) in [6, 6.07) is 5.27. The van der Waals surface area contributed by atoms with E-state index in [-0.39, 0.29) is 16.3 Å². The van der Waals surface area contributed by atoms with Crippen LogP contribution in [0.5, 0.6) is 0 Å². The van der Waals surface area contributed by atoms with Gasteiger partial charge in [0.25, 0.3) is 10.0 Å². The molecule has 2 rings (SSSR count). The van der Waals surface area contributed by atoms with E-state index in [1.807, 2.05) is 0 Å². The molecule has 4 nitrogen and oxygen atoms in total. The molecule has 0 aliphatic heterocycles. The van der Waals surface area contributed by atoms with Gasteiger partial charge in [0.2, 0.25) is 0 Å². The van der Waals surface area contributed by atoms with Crippen LogP contribution in [-0.4, -0.2) is 8.42 Å². The quantitative estimate of drug-likeness (QED) is 0.820. The van der Waals surface area contributed by atoms with Gasteiger partial charge in [-0.3, -0.25) is 4.72 Å². The zero-order chi connectivity index (χ0) is 14.2. The predicted octanol–water partition coefficient (Wildman–Crippen LogP) is 3.34. The van der Waals surface area contributed by atoms with E-state index < -0.39 is 15.8 Å². The van der Waals surface area contributed by atoms with E-state index in [1.54, 1.807) is 6.92 Å². The van der Waals surface area contributed by atoms with Crippen LogP contribution in [-0.2, 0) is 10.0 Å². The molecule has 2 aromatic rings. The molecule has 3 N–H and O–H groups in total. The molecular formula is C11H10BrFN2O2S2. The van der Waals surface area contributed by atoms with Crippen LogP contribution in [0, 0.1) is 12.7 Å². The average molecular weight is 365 g/mol. The highest BCUT2D eigenvalue weighted by Crippen LogP contribution is 2.31. The number of halogens is 2. The first kappa shape index (κ1) is 14.3. The molecule has 102 valence electrons. The van der Waals surface area contributed by atoms with Crippen LogP contribution >= 0.6 is 27.3 Å². The van der Waals surface area contributed by atoms with Gasteiger partial charge < -0.3 is 5.73 Å². The van der Waals surface area contributed by atoms with Gasteiger partial charge in [0, 0.05) is 10.6 Å². The lowest BCUT2D eigenvalue weighted by Crippen LogP contribution is -2.14. The molecule has 1 heterocycles. The Morgan fingerprint density at radius 2 is 2.05 bits per heavy atom. The van der Waals surface area contributed by atoms with Crippen molar-refractivity contribution in [2.75, 3.05) is 10.5 Å². The molecule has 0 aliphatic rings. The highest BCUT2D eigenvalue weighted by Gasteiger charge is 2.20. The Morgan fingerprint density at radius 3 is 2.58 bits per heavy atom. The minimum absolute atomic E-state index is 0.126. The Balaban J connectivity index is 2.39. The first-order valence-corrected chi connectivity index (χ1v) is 8.22. The van der Waals surface area contributed by atoms with Crippen molar-refractivity contribution in [1.82, 2.24) is 0 Å². The van der Waals surface area contributed by atoms with Crippen molar-refractivity contribution in [2.24, 2.45) is 0 Å². The van der Waals surface area contributed by atoms with Crippen molar-refractivity contribution >= 4 is 48.7 Å². The fourth-order valence-electron chi connectivity index (χ4n) is 1.51. The molecule has 0 atom stereocenters. The first-order chi connectivity index (χ1) is 8.79. The summed E-state index contributed by atoms with van der Waals surface area (Å²) in [6.45, 7) is 1.68. The molecular weight excluding hydrogens is 355 g/mol. The third kappa shape index (κ3) is 3.07. The molecule has 0 spiro atoms. The molecule has 0 unspecified atom stereocenters. The van der Waals surface area contributed by atoms with Gasteiger partial charge in [-0.2, -0.15) is 0 Å². The van der Waals surface area contributed by atoms with E-state index in [4.69, 9.17) is 5.73 Å². The molecule has 0 radical (unpaired) electrons.